The Balaban J connectivity index is 1.49. The van der Waals surface area contributed by atoms with Crippen LogP contribution < -0.4 is 0 Å². The molecule has 0 fully saturated rings. The fourth-order valence-electron chi connectivity index (χ4n) is 5.19. The number of sulfonamides is 1. The van der Waals surface area contributed by atoms with Gasteiger partial charge in [0, 0.05) is 18.0 Å². The lowest BCUT2D eigenvalue weighted by Crippen LogP contribution is -2.47. The molecular weight excluding hydrogens is 500 g/mol. The molecule has 0 radical (unpaired) electrons. The Morgan fingerprint density at radius 1 is 1.00 bits per heavy atom. The molecule has 0 spiro atoms. The van der Waals surface area contributed by atoms with E-state index < -0.39 is 10.0 Å². The zero-order valence-corrected chi connectivity index (χ0v) is 23.1. The Morgan fingerprint density at radius 2 is 1.73 bits per heavy atom. The van der Waals surface area contributed by atoms with Crippen molar-refractivity contribution in [3.63, 3.8) is 0 Å². The highest BCUT2D eigenvalue weighted by Gasteiger charge is 2.36. The highest BCUT2D eigenvalue weighted by Crippen LogP contribution is 2.39. The first-order chi connectivity index (χ1) is 17.8. The number of aryl methyl sites for hydroxylation is 1. The molecule has 37 heavy (non-hydrogen) atoms. The first kappa shape index (κ1) is 25.6. The van der Waals surface area contributed by atoms with E-state index in [0.717, 1.165) is 33.9 Å². The normalized spacial score (nSPS) is 15.9. The van der Waals surface area contributed by atoms with Crippen LogP contribution in [0.4, 0.5) is 0 Å². The molecule has 5 rings (SSSR count). The average Bonchev–Trinajstić information content (AvgIpc) is 3.36. The number of benzene rings is 3. The molecule has 0 N–H and O–H groups in total. The van der Waals surface area contributed by atoms with E-state index >= 15 is 0 Å². The van der Waals surface area contributed by atoms with Crippen LogP contribution in [0.3, 0.4) is 0 Å². The van der Waals surface area contributed by atoms with Crippen molar-refractivity contribution in [3.8, 4) is 0 Å². The largest absolute Gasteiger partial charge is 0.330 e. The van der Waals surface area contributed by atoms with Crippen LogP contribution in [0.2, 0.25) is 0 Å². The molecule has 1 amide bonds. The second-order valence-corrected chi connectivity index (χ2v) is 13.0. The van der Waals surface area contributed by atoms with Gasteiger partial charge in [0.15, 0.2) is 0 Å². The molecular formula is C30H32N2O3S2. The molecule has 2 heterocycles. The van der Waals surface area contributed by atoms with Gasteiger partial charge in [0.25, 0.3) is 0 Å². The number of nitrogens with zero attached hydrogens (tertiary/aromatic N) is 2. The van der Waals surface area contributed by atoms with E-state index in [1.165, 1.54) is 9.18 Å². The van der Waals surface area contributed by atoms with E-state index in [0.29, 0.717) is 6.54 Å². The minimum Gasteiger partial charge on any atom is -0.330 e. The van der Waals surface area contributed by atoms with E-state index in [1.807, 2.05) is 61.2 Å². The van der Waals surface area contributed by atoms with Crippen molar-refractivity contribution < 1.29 is 13.2 Å². The van der Waals surface area contributed by atoms with Gasteiger partial charge < -0.3 is 4.90 Å². The van der Waals surface area contributed by atoms with Crippen molar-refractivity contribution in [2.75, 3.05) is 19.6 Å². The van der Waals surface area contributed by atoms with Crippen molar-refractivity contribution >= 4 is 38.0 Å². The number of amides is 1. The summed E-state index contributed by atoms with van der Waals surface area (Å²) in [6.45, 7) is 6.66. The lowest BCUT2D eigenvalue weighted by Gasteiger charge is -2.38. The van der Waals surface area contributed by atoms with Gasteiger partial charge in [-0.1, -0.05) is 68.4 Å². The van der Waals surface area contributed by atoms with Crippen LogP contribution >= 0.6 is 11.3 Å². The van der Waals surface area contributed by atoms with Gasteiger partial charge in [0.05, 0.1) is 17.5 Å². The molecule has 7 heteroatoms. The number of hydrogen-bond donors (Lipinski definition) is 0. The number of rotatable bonds is 7. The minimum absolute atomic E-state index is 0.0695. The third-order valence-corrected chi connectivity index (χ3v) is 9.81. The van der Waals surface area contributed by atoms with Crippen molar-refractivity contribution in [3.05, 3.63) is 99.7 Å². The van der Waals surface area contributed by atoms with E-state index in [-0.39, 0.29) is 35.9 Å². The van der Waals surface area contributed by atoms with Crippen LogP contribution in [0.5, 0.6) is 0 Å². The first-order valence-electron chi connectivity index (χ1n) is 12.7. The summed E-state index contributed by atoms with van der Waals surface area (Å²) < 4.78 is 29.1. The standard InChI is InChI=1S/C30H32N2O3S2/c1-21(2)19-31(37(34,35)25-13-12-23-9-5-6-10-24(23)18-25)20-29(33)32-16-14-28-27(15-17-36-28)30(32)26-11-7-4-8-22(26)3/h4-13,15,17-18,21,30H,14,16,19-20H2,1-3H3. The van der Waals surface area contributed by atoms with Crippen molar-refractivity contribution in [2.24, 2.45) is 5.92 Å². The average molecular weight is 533 g/mol. The third kappa shape index (κ3) is 5.08. The number of carbonyl (C=O) groups excluding carboxylic acids is 1. The van der Waals surface area contributed by atoms with Gasteiger partial charge in [-0.05, 0) is 70.3 Å². The van der Waals surface area contributed by atoms with Gasteiger partial charge >= 0.3 is 0 Å². The van der Waals surface area contributed by atoms with Gasteiger partial charge in [-0.2, -0.15) is 4.31 Å². The molecule has 1 aliphatic heterocycles. The first-order valence-corrected chi connectivity index (χ1v) is 15.0. The topological polar surface area (TPSA) is 57.7 Å². The van der Waals surface area contributed by atoms with E-state index in [4.69, 9.17) is 0 Å². The predicted octanol–water partition coefficient (Wildman–Crippen LogP) is 6.03. The summed E-state index contributed by atoms with van der Waals surface area (Å²) in [5.74, 6) is -0.102. The van der Waals surface area contributed by atoms with Crippen LogP contribution in [-0.2, 0) is 21.2 Å². The van der Waals surface area contributed by atoms with E-state index in [1.54, 1.807) is 23.5 Å². The number of carbonyl (C=O) groups is 1. The summed E-state index contributed by atoms with van der Waals surface area (Å²) in [4.78, 5) is 17.3. The number of fused-ring (bicyclic) bond motifs is 2. The molecule has 4 aromatic rings. The number of hydrogen-bond acceptors (Lipinski definition) is 4. The van der Waals surface area contributed by atoms with Gasteiger partial charge in [-0.15, -0.1) is 11.3 Å². The van der Waals surface area contributed by atoms with Crippen LogP contribution in [0.1, 0.15) is 41.5 Å². The predicted molar refractivity (Wildman–Crippen MR) is 150 cm³/mol. The van der Waals surface area contributed by atoms with Gasteiger partial charge in [-0.25, -0.2) is 8.42 Å². The summed E-state index contributed by atoms with van der Waals surface area (Å²) in [6, 6.07) is 22.9. The maximum absolute atomic E-state index is 13.9. The fourth-order valence-corrected chi connectivity index (χ4v) is 7.68. The SMILES string of the molecule is Cc1ccccc1C1c2ccsc2CCN1C(=O)CN(CC(C)C)S(=O)(=O)c1ccc2ccccc2c1. The fraction of sp³-hybridized carbons (Fsp3) is 0.300. The lowest BCUT2D eigenvalue weighted by atomic mass is 9.90. The molecule has 0 saturated carbocycles. The van der Waals surface area contributed by atoms with Crippen LogP contribution in [0, 0.1) is 12.8 Å². The molecule has 1 aliphatic rings. The number of thiophene rings is 1. The monoisotopic (exact) mass is 532 g/mol. The molecule has 0 aliphatic carbocycles. The highest BCUT2D eigenvalue weighted by atomic mass is 32.2. The molecule has 3 aromatic carbocycles. The lowest BCUT2D eigenvalue weighted by molar-refractivity contribution is -0.133. The Kier molecular flexibility index (Phi) is 7.21. The van der Waals surface area contributed by atoms with Crippen molar-refractivity contribution in [1.29, 1.82) is 0 Å². The maximum atomic E-state index is 13.9. The van der Waals surface area contributed by atoms with E-state index in [2.05, 4.69) is 30.5 Å². The summed E-state index contributed by atoms with van der Waals surface area (Å²) >= 11 is 1.72. The summed E-state index contributed by atoms with van der Waals surface area (Å²) in [5, 5.41) is 3.92. The smallest absolute Gasteiger partial charge is 0.243 e. The Bertz CT molecular complexity index is 1540. The summed E-state index contributed by atoms with van der Waals surface area (Å²) in [7, 11) is -3.87. The molecule has 0 saturated heterocycles. The summed E-state index contributed by atoms with van der Waals surface area (Å²) in [5.41, 5.74) is 3.35. The third-order valence-electron chi connectivity index (χ3n) is 7.01. The van der Waals surface area contributed by atoms with Crippen LogP contribution in [0.15, 0.2) is 83.1 Å². The Labute approximate surface area is 223 Å². The van der Waals surface area contributed by atoms with Crippen LogP contribution in [0.25, 0.3) is 10.8 Å². The second-order valence-electron chi connectivity index (χ2n) is 10.1. The van der Waals surface area contributed by atoms with E-state index in [9.17, 15) is 13.2 Å². The molecule has 0 bridgehead atoms. The highest BCUT2D eigenvalue weighted by molar-refractivity contribution is 7.89. The van der Waals surface area contributed by atoms with Crippen molar-refractivity contribution in [1.82, 2.24) is 9.21 Å². The van der Waals surface area contributed by atoms with Crippen molar-refractivity contribution in [2.45, 2.75) is 38.1 Å². The zero-order valence-electron chi connectivity index (χ0n) is 21.4. The Morgan fingerprint density at radius 3 is 2.49 bits per heavy atom. The molecule has 1 unspecified atom stereocenters. The molecule has 192 valence electrons. The maximum Gasteiger partial charge on any atom is 0.243 e. The molecule has 1 atom stereocenters. The zero-order chi connectivity index (χ0) is 26.2. The Hall–Kier alpha value is -3.00. The molecule has 1 aromatic heterocycles. The van der Waals surface area contributed by atoms with Crippen LogP contribution in [-0.4, -0.2) is 43.2 Å². The summed E-state index contributed by atoms with van der Waals surface area (Å²) in [6.07, 6.45) is 0.780. The van der Waals surface area contributed by atoms with Gasteiger partial charge in [-0.3, -0.25) is 4.79 Å². The second kappa shape index (κ2) is 10.4. The minimum atomic E-state index is -3.87. The van der Waals surface area contributed by atoms with Gasteiger partial charge in [0.1, 0.15) is 0 Å². The molecule has 5 nitrogen and oxygen atoms in total. The quantitative estimate of drug-likeness (QED) is 0.292. The van der Waals surface area contributed by atoms with Gasteiger partial charge in [0.2, 0.25) is 15.9 Å².